The minimum atomic E-state index is 1.16. The zero-order chi connectivity index (χ0) is 80.5. The van der Waals surface area contributed by atoms with E-state index in [4.69, 9.17) is 0 Å². The number of thiophene rings is 3. The second kappa shape index (κ2) is 27.6. The molecule has 28 aromatic rings. The summed E-state index contributed by atoms with van der Waals surface area (Å²) in [4.78, 5) is 0. The molecule has 0 unspecified atom stereocenters. The fourth-order valence-electron chi connectivity index (χ4n) is 20.2. The zero-order valence-corrected chi connectivity index (χ0v) is 68.8. The summed E-state index contributed by atoms with van der Waals surface area (Å²) < 4.78 is 22.5. The highest BCUT2D eigenvalue weighted by Gasteiger charge is 2.24. The second-order valence-corrected chi connectivity index (χ2v) is 35.4. The molecular formula is C114H70N6S3. The first-order valence-corrected chi connectivity index (χ1v) is 44.4. The van der Waals surface area contributed by atoms with Crippen LogP contribution in [0, 0.1) is 0 Å². The summed E-state index contributed by atoms with van der Waals surface area (Å²) in [6, 6.07) is 155. The van der Waals surface area contributed by atoms with Gasteiger partial charge in [-0.1, -0.05) is 255 Å². The Balaban J connectivity index is 0.0000000993. The van der Waals surface area contributed by atoms with E-state index < -0.39 is 0 Å². The number of nitrogens with zero attached hydrogens (tertiary/aromatic N) is 6. The molecule has 0 aliphatic carbocycles. The maximum Gasteiger partial charge on any atom is 0.0619 e. The van der Waals surface area contributed by atoms with Gasteiger partial charge in [0.1, 0.15) is 0 Å². The summed E-state index contributed by atoms with van der Waals surface area (Å²) in [6.45, 7) is 0. The third-order valence-corrected chi connectivity index (χ3v) is 28.9. The first kappa shape index (κ1) is 69.6. The number of para-hydroxylation sites is 10. The smallest absolute Gasteiger partial charge is 0.0619 e. The van der Waals surface area contributed by atoms with Crippen molar-refractivity contribution < 1.29 is 0 Å². The van der Waals surface area contributed by atoms with Crippen LogP contribution in [-0.4, -0.2) is 27.4 Å². The average molecular weight is 1620 g/mol. The van der Waals surface area contributed by atoms with E-state index in [1.54, 1.807) is 0 Å². The van der Waals surface area contributed by atoms with Gasteiger partial charge < -0.3 is 27.4 Å². The topological polar surface area (TPSA) is 29.6 Å². The largest absolute Gasteiger partial charge is 0.309 e. The number of hydrogen-bond donors (Lipinski definition) is 0. The third-order valence-electron chi connectivity index (χ3n) is 25.5. The van der Waals surface area contributed by atoms with Crippen molar-refractivity contribution in [3.63, 3.8) is 0 Å². The molecule has 0 saturated carbocycles. The van der Waals surface area contributed by atoms with Crippen molar-refractivity contribution in [2.45, 2.75) is 0 Å². The van der Waals surface area contributed by atoms with E-state index in [0.717, 1.165) is 5.69 Å². The van der Waals surface area contributed by atoms with E-state index in [-0.39, 0.29) is 0 Å². The quantitative estimate of drug-likeness (QED) is 0.152. The highest BCUT2D eigenvalue weighted by atomic mass is 32.1. The standard InChI is InChI=1S/C42H26N2S.2C36H22N2S/c1-2-11-28(12-3-1)44-38-19-8-4-13-31(38)34-17-10-16-30(42(34)44)27-21-23-29(24-22-27)43-37-18-7-5-14-32(37)35-26-41-36(25-39(35)43)33-15-6-9-20-40(33)45-41;1-5-16-31-25(12-1)26-13-2-6-17-32(26)37(31)23-10-9-11-24(20-23)38-33-18-7-3-14-27(33)29-22-36-30(21-34(29)38)28-15-4-8-19-35(28)39-36;1-5-13-31-25(9-1)26-10-2-6-14-32(26)37(31)23-17-19-24(20-18-23)38-33-15-7-3-11-27(33)29-22-36-30(21-34(29)38)28-12-4-8-16-35(28)39-36/h1-26H;2*1-22H. The van der Waals surface area contributed by atoms with Crippen molar-refractivity contribution in [3.05, 3.63) is 425 Å². The Morgan fingerprint density at radius 1 is 0.130 bits per heavy atom. The molecule has 0 bridgehead atoms. The molecule has 0 aliphatic rings. The van der Waals surface area contributed by atoms with Crippen LogP contribution in [0.1, 0.15) is 0 Å². The zero-order valence-electron chi connectivity index (χ0n) is 66.3. The van der Waals surface area contributed by atoms with Gasteiger partial charge in [-0.15, -0.1) is 34.0 Å². The van der Waals surface area contributed by atoms with Crippen LogP contribution < -0.4 is 0 Å². The maximum atomic E-state index is 2.44. The maximum absolute atomic E-state index is 2.44. The lowest BCUT2D eigenvalue weighted by Gasteiger charge is -2.13. The molecule has 9 aromatic heterocycles. The molecule has 0 amide bonds. The molecule has 574 valence electrons. The van der Waals surface area contributed by atoms with Crippen LogP contribution in [0.15, 0.2) is 425 Å². The van der Waals surface area contributed by atoms with E-state index in [0.29, 0.717) is 0 Å². The number of fused-ring (bicyclic) bond motifs is 27. The molecule has 0 aliphatic heterocycles. The second-order valence-electron chi connectivity index (χ2n) is 32.2. The molecule has 19 aromatic carbocycles. The van der Waals surface area contributed by atoms with Gasteiger partial charge in [0.15, 0.2) is 0 Å². The molecule has 6 nitrogen and oxygen atoms in total. The summed E-state index contributed by atoms with van der Waals surface area (Å²) in [5.74, 6) is 0. The van der Waals surface area contributed by atoms with E-state index >= 15 is 0 Å². The van der Waals surface area contributed by atoms with Crippen molar-refractivity contribution in [2.24, 2.45) is 0 Å². The van der Waals surface area contributed by atoms with Crippen LogP contribution >= 0.6 is 34.0 Å². The Labute approximate surface area is 717 Å². The minimum Gasteiger partial charge on any atom is -0.309 e. The van der Waals surface area contributed by atoms with E-state index in [1.165, 1.54) is 231 Å². The lowest BCUT2D eigenvalue weighted by atomic mass is 10.0. The lowest BCUT2D eigenvalue weighted by Crippen LogP contribution is -1.98. The molecule has 28 rings (SSSR count). The summed E-state index contributed by atoms with van der Waals surface area (Å²) >= 11 is 5.64. The predicted molar refractivity (Wildman–Crippen MR) is 529 cm³/mol. The van der Waals surface area contributed by atoms with Gasteiger partial charge in [0.25, 0.3) is 0 Å². The van der Waals surface area contributed by atoms with Gasteiger partial charge in [0.2, 0.25) is 0 Å². The van der Waals surface area contributed by atoms with Crippen molar-refractivity contribution in [1.29, 1.82) is 0 Å². The van der Waals surface area contributed by atoms with Crippen LogP contribution in [0.4, 0.5) is 0 Å². The van der Waals surface area contributed by atoms with E-state index in [9.17, 15) is 0 Å². The fourth-order valence-corrected chi connectivity index (χ4v) is 23.6. The van der Waals surface area contributed by atoms with Gasteiger partial charge in [-0.05, 0) is 175 Å². The Morgan fingerprint density at radius 3 is 0.740 bits per heavy atom. The van der Waals surface area contributed by atoms with E-state index in [1.807, 2.05) is 34.0 Å². The summed E-state index contributed by atoms with van der Waals surface area (Å²) in [5, 5.41) is 23.4. The molecule has 0 atom stereocenters. The highest BCUT2D eigenvalue weighted by Crippen LogP contribution is 2.47. The Bertz CT molecular complexity index is 9110. The number of aromatic nitrogens is 6. The Morgan fingerprint density at radius 2 is 0.374 bits per heavy atom. The normalized spacial score (nSPS) is 12.1. The monoisotopic (exact) mass is 1620 g/mol. The van der Waals surface area contributed by atoms with Crippen LogP contribution in [-0.2, 0) is 0 Å². The van der Waals surface area contributed by atoms with Crippen LogP contribution in [0.25, 0.3) is 237 Å². The highest BCUT2D eigenvalue weighted by molar-refractivity contribution is 7.26. The van der Waals surface area contributed by atoms with Gasteiger partial charge in [-0.3, -0.25) is 0 Å². The molecular weight excluding hydrogens is 1550 g/mol. The van der Waals surface area contributed by atoms with Gasteiger partial charge in [-0.25, -0.2) is 0 Å². The summed E-state index contributed by atoms with van der Waals surface area (Å²) in [6.07, 6.45) is 0. The first-order valence-electron chi connectivity index (χ1n) is 41.9. The molecule has 123 heavy (non-hydrogen) atoms. The Kier molecular flexibility index (Phi) is 15.6. The number of hydrogen-bond acceptors (Lipinski definition) is 3. The van der Waals surface area contributed by atoms with Gasteiger partial charge >= 0.3 is 0 Å². The van der Waals surface area contributed by atoms with E-state index in [2.05, 4.69) is 452 Å². The predicted octanol–water partition coefficient (Wildman–Crippen LogP) is 32.4. The van der Waals surface area contributed by atoms with Crippen molar-refractivity contribution >= 4 is 225 Å². The average Bonchev–Trinajstić information content (AvgIpc) is 1.58. The third kappa shape index (κ3) is 10.7. The van der Waals surface area contributed by atoms with Gasteiger partial charge in [-0.2, -0.15) is 0 Å². The van der Waals surface area contributed by atoms with Crippen LogP contribution in [0.5, 0.6) is 0 Å². The van der Waals surface area contributed by atoms with Gasteiger partial charge in [0.05, 0.1) is 66.2 Å². The molecule has 0 radical (unpaired) electrons. The molecule has 0 saturated heterocycles. The Hall–Kier alpha value is -15.4. The SMILES string of the molecule is c1cc(-n2c3ccccc3c3ccccc32)cc(-n2c3ccccc3c3cc4sc5ccccc5c4cc32)c1.c1ccc(-n2c3ccccc3c3cccc(-c4ccc(-n5c6ccccc6c6cc7sc8ccccc8c7cc65)cc4)c32)cc1.c1ccc2c(c1)sc1cc3c4ccccc4n(-c4ccc(-n5c6ccccc6c6ccccc65)cc4)c3cc12. The molecule has 9 heterocycles. The van der Waals surface area contributed by atoms with Crippen molar-refractivity contribution in [3.8, 4) is 45.3 Å². The molecule has 9 heteroatoms. The number of benzene rings is 19. The van der Waals surface area contributed by atoms with Crippen LogP contribution in [0.3, 0.4) is 0 Å². The molecule has 0 fully saturated rings. The summed E-state index contributed by atoms with van der Waals surface area (Å²) in [5.41, 5.74) is 24.2. The molecule has 0 N–H and O–H groups in total. The van der Waals surface area contributed by atoms with Gasteiger partial charge in [0, 0.05) is 165 Å². The van der Waals surface area contributed by atoms with Crippen molar-refractivity contribution in [1.82, 2.24) is 27.4 Å². The lowest BCUT2D eigenvalue weighted by molar-refractivity contribution is 1.13. The van der Waals surface area contributed by atoms with Crippen molar-refractivity contribution in [2.75, 3.05) is 0 Å². The van der Waals surface area contributed by atoms with Crippen LogP contribution in [0.2, 0.25) is 0 Å². The minimum absolute atomic E-state index is 1.16. The first-order chi connectivity index (χ1) is 61.0. The summed E-state index contributed by atoms with van der Waals surface area (Å²) in [7, 11) is 0. The number of rotatable bonds is 7. The molecule has 0 spiro atoms. The fraction of sp³-hybridized carbons (Fsp3) is 0.